The van der Waals surface area contributed by atoms with Crippen molar-refractivity contribution < 1.29 is 9.47 Å². The second-order valence-corrected chi connectivity index (χ2v) is 5.18. The second-order valence-electron chi connectivity index (χ2n) is 5.18. The van der Waals surface area contributed by atoms with Gasteiger partial charge in [-0.1, -0.05) is 0 Å². The molecule has 1 aromatic rings. The Labute approximate surface area is 109 Å². The van der Waals surface area contributed by atoms with Crippen LogP contribution in [0, 0.1) is 0 Å². The van der Waals surface area contributed by atoms with Crippen LogP contribution < -0.4 is 15.4 Å². The first kappa shape index (κ1) is 13.0. The molecule has 2 rings (SSSR count). The van der Waals surface area contributed by atoms with Crippen LogP contribution >= 0.6 is 0 Å². The molecule has 2 N–H and O–H groups in total. The van der Waals surface area contributed by atoms with Gasteiger partial charge in [0.1, 0.15) is 5.75 Å². The maximum atomic E-state index is 5.89. The first-order chi connectivity index (χ1) is 8.52. The Morgan fingerprint density at radius 1 is 1.44 bits per heavy atom. The molecule has 0 bridgehead atoms. The third-order valence-corrected chi connectivity index (χ3v) is 3.09. The number of nitrogens with zero attached hydrogens (tertiary/aromatic N) is 1. The fraction of sp³-hybridized carbons (Fsp3) is 0.571. The summed E-state index contributed by atoms with van der Waals surface area (Å²) in [5.41, 5.74) is 7.62. The fourth-order valence-corrected chi connectivity index (χ4v) is 2.24. The van der Waals surface area contributed by atoms with E-state index in [1.54, 1.807) is 0 Å². The Bertz CT molecular complexity index is 418. The minimum atomic E-state index is -0.106. The number of benzene rings is 1. The van der Waals surface area contributed by atoms with Crippen LogP contribution in [-0.2, 0) is 4.74 Å². The van der Waals surface area contributed by atoms with Crippen molar-refractivity contribution in [1.29, 1.82) is 0 Å². The number of nitrogen functional groups attached to an aromatic ring is 1. The molecule has 1 heterocycles. The molecule has 0 radical (unpaired) electrons. The predicted molar refractivity (Wildman–Crippen MR) is 74.3 cm³/mol. The van der Waals surface area contributed by atoms with Gasteiger partial charge in [-0.25, -0.2) is 0 Å². The molecule has 18 heavy (non-hydrogen) atoms. The molecule has 4 heteroatoms. The van der Waals surface area contributed by atoms with Crippen molar-refractivity contribution in [3.63, 3.8) is 0 Å². The molecule has 100 valence electrons. The molecule has 1 aliphatic heterocycles. The third kappa shape index (κ3) is 2.88. The lowest BCUT2D eigenvalue weighted by Crippen LogP contribution is -2.48. The highest BCUT2D eigenvalue weighted by Gasteiger charge is 2.27. The summed E-state index contributed by atoms with van der Waals surface area (Å²) in [6.45, 7) is 9.34. The fourth-order valence-electron chi connectivity index (χ4n) is 2.24. The number of ether oxygens (including phenoxy) is 2. The van der Waals surface area contributed by atoms with Gasteiger partial charge in [0.25, 0.3) is 0 Å². The monoisotopic (exact) mass is 250 g/mol. The van der Waals surface area contributed by atoms with Gasteiger partial charge in [0.05, 0.1) is 24.5 Å². The van der Waals surface area contributed by atoms with Crippen molar-refractivity contribution in [2.75, 3.05) is 36.9 Å². The van der Waals surface area contributed by atoms with E-state index in [0.717, 1.165) is 31.1 Å². The highest BCUT2D eigenvalue weighted by atomic mass is 16.5. The van der Waals surface area contributed by atoms with Crippen LogP contribution in [0.1, 0.15) is 20.8 Å². The van der Waals surface area contributed by atoms with Crippen molar-refractivity contribution in [3.8, 4) is 5.75 Å². The quantitative estimate of drug-likeness (QED) is 0.836. The van der Waals surface area contributed by atoms with Crippen LogP contribution in [0.3, 0.4) is 0 Å². The molecule has 1 saturated heterocycles. The molecule has 0 aromatic heterocycles. The van der Waals surface area contributed by atoms with Gasteiger partial charge in [-0.05, 0) is 32.9 Å². The molecule has 0 aliphatic carbocycles. The molecule has 0 spiro atoms. The summed E-state index contributed by atoms with van der Waals surface area (Å²) in [6, 6.07) is 5.96. The summed E-state index contributed by atoms with van der Waals surface area (Å²) in [7, 11) is 0. The van der Waals surface area contributed by atoms with E-state index in [2.05, 4.69) is 18.7 Å². The first-order valence-corrected chi connectivity index (χ1v) is 6.43. The van der Waals surface area contributed by atoms with Crippen LogP contribution in [-0.4, -0.2) is 31.9 Å². The van der Waals surface area contributed by atoms with Gasteiger partial charge in [0, 0.05) is 24.8 Å². The predicted octanol–water partition coefficient (Wildman–Crippen LogP) is 2.28. The summed E-state index contributed by atoms with van der Waals surface area (Å²) in [4.78, 5) is 2.31. The highest BCUT2D eigenvalue weighted by molar-refractivity contribution is 5.62. The number of rotatable bonds is 3. The summed E-state index contributed by atoms with van der Waals surface area (Å²) in [5.74, 6) is 0.763. The van der Waals surface area contributed by atoms with E-state index >= 15 is 0 Å². The van der Waals surface area contributed by atoms with Gasteiger partial charge in [0.2, 0.25) is 0 Å². The van der Waals surface area contributed by atoms with E-state index in [4.69, 9.17) is 15.2 Å². The molecule has 4 nitrogen and oxygen atoms in total. The lowest BCUT2D eigenvalue weighted by molar-refractivity contribution is -0.0277. The SMILES string of the molecule is CCOc1cc(N2CCOC(C)(C)C2)ccc1N. The van der Waals surface area contributed by atoms with Gasteiger partial charge in [-0.2, -0.15) is 0 Å². The Kier molecular flexibility index (Phi) is 3.66. The van der Waals surface area contributed by atoms with E-state index in [9.17, 15) is 0 Å². The van der Waals surface area contributed by atoms with Gasteiger partial charge < -0.3 is 20.1 Å². The van der Waals surface area contributed by atoms with E-state index in [-0.39, 0.29) is 5.60 Å². The number of hydrogen-bond acceptors (Lipinski definition) is 4. The lowest BCUT2D eigenvalue weighted by atomic mass is 10.1. The number of anilines is 2. The van der Waals surface area contributed by atoms with Gasteiger partial charge in [-0.15, -0.1) is 0 Å². The van der Waals surface area contributed by atoms with Crippen LogP contribution in [0.25, 0.3) is 0 Å². The van der Waals surface area contributed by atoms with Crippen molar-refractivity contribution in [2.24, 2.45) is 0 Å². The minimum Gasteiger partial charge on any atom is -0.492 e. The minimum absolute atomic E-state index is 0.106. The van der Waals surface area contributed by atoms with Crippen molar-refractivity contribution in [3.05, 3.63) is 18.2 Å². The maximum Gasteiger partial charge on any atom is 0.144 e. The maximum absolute atomic E-state index is 5.89. The summed E-state index contributed by atoms with van der Waals surface area (Å²) < 4.78 is 11.3. The van der Waals surface area contributed by atoms with Crippen LogP contribution in [0.5, 0.6) is 5.75 Å². The number of hydrogen-bond donors (Lipinski definition) is 1. The van der Waals surface area contributed by atoms with E-state index in [1.165, 1.54) is 0 Å². The van der Waals surface area contributed by atoms with Crippen molar-refractivity contribution in [1.82, 2.24) is 0 Å². The Morgan fingerprint density at radius 3 is 2.89 bits per heavy atom. The van der Waals surface area contributed by atoms with Gasteiger partial charge >= 0.3 is 0 Å². The Morgan fingerprint density at radius 2 is 2.22 bits per heavy atom. The van der Waals surface area contributed by atoms with E-state index in [1.807, 2.05) is 25.1 Å². The second kappa shape index (κ2) is 5.06. The smallest absolute Gasteiger partial charge is 0.144 e. The Hall–Kier alpha value is -1.42. The molecule has 0 atom stereocenters. The molecule has 1 aromatic carbocycles. The zero-order valence-electron chi connectivity index (χ0n) is 11.4. The van der Waals surface area contributed by atoms with Crippen molar-refractivity contribution >= 4 is 11.4 Å². The van der Waals surface area contributed by atoms with E-state index < -0.39 is 0 Å². The average molecular weight is 250 g/mol. The molecule has 0 saturated carbocycles. The van der Waals surface area contributed by atoms with Gasteiger partial charge in [-0.3, -0.25) is 0 Å². The topological polar surface area (TPSA) is 47.7 Å². The molecular weight excluding hydrogens is 228 g/mol. The molecular formula is C14H22N2O2. The standard InChI is InChI=1S/C14H22N2O2/c1-4-17-13-9-11(5-6-12(13)15)16-7-8-18-14(2,3)10-16/h5-6,9H,4,7-8,10,15H2,1-3H3. The highest BCUT2D eigenvalue weighted by Crippen LogP contribution is 2.30. The zero-order valence-corrected chi connectivity index (χ0v) is 11.4. The van der Waals surface area contributed by atoms with Crippen molar-refractivity contribution in [2.45, 2.75) is 26.4 Å². The zero-order chi connectivity index (χ0) is 13.2. The molecule has 1 fully saturated rings. The first-order valence-electron chi connectivity index (χ1n) is 6.43. The number of nitrogens with two attached hydrogens (primary N) is 1. The molecule has 0 amide bonds. The summed E-state index contributed by atoms with van der Waals surface area (Å²) >= 11 is 0. The van der Waals surface area contributed by atoms with E-state index in [0.29, 0.717) is 12.3 Å². The Balaban J connectivity index is 2.20. The third-order valence-electron chi connectivity index (χ3n) is 3.09. The van der Waals surface area contributed by atoms with Crippen LogP contribution in [0.4, 0.5) is 11.4 Å². The molecule has 1 aliphatic rings. The number of morpholine rings is 1. The van der Waals surface area contributed by atoms with Crippen LogP contribution in [0.15, 0.2) is 18.2 Å². The van der Waals surface area contributed by atoms with Gasteiger partial charge in [0.15, 0.2) is 0 Å². The normalized spacial score (nSPS) is 18.7. The summed E-state index contributed by atoms with van der Waals surface area (Å²) in [5, 5.41) is 0. The largest absolute Gasteiger partial charge is 0.492 e. The lowest BCUT2D eigenvalue weighted by Gasteiger charge is -2.39. The molecule has 0 unspecified atom stereocenters. The van der Waals surface area contributed by atoms with Crippen LogP contribution in [0.2, 0.25) is 0 Å². The summed E-state index contributed by atoms with van der Waals surface area (Å²) in [6.07, 6.45) is 0. The average Bonchev–Trinajstić information content (AvgIpc) is 2.31.